The van der Waals surface area contributed by atoms with Crippen LogP contribution in [0.15, 0.2) is 42.7 Å². The van der Waals surface area contributed by atoms with E-state index < -0.39 is 5.97 Å². The Balaban J connectivity index is 2.40. The van der Waals surface area contributed by atoms with Gasteiger partial charge >= 0.3 is 5.97 Å². The lowest BCUT2D eigenvalue weighted by Gasteiger charge is -2.04. The molecule has 0 unspecified atom stereocenters. The van der Waals surface area contributed by atoms with Crippen molar-refractivity contribution >= 4 is 5.97 Å². The van der Waals surface area contributed by atoms with Gasteiger partial charge in [-0.05, 0) is 17.7 Å². The van der Waals surface area contributed by atoms with Gasteiger partial charge in [-0.15, -0.1) is 0 Å². The Labute approximate surface area is 97.6 Å². The molecule has 0 bridgehead atoms. The van der Waals surface area contributed by atoms with Crippen LogP contribution in [-0.2, 0) is 11.2 Å². The summed E-state index contributed by atoms with van der Waals surface area (Å²) in [5.41, 5.74) is 1.56. The maximum absolute atomic E-state index is 13.5. The highest BCUT2D eigenvalue weighted by atomic mass is 19.1. The number of pyridine rings is 1. The van der Waals surface area contributed by atoms with Crippen molar-refractivity contribution in [2.75, 3.05) is 0 Å². The highest BCUT2D eigenvalue weighted by Gasteiger charge is 2.07. The van der Waals surface area contributed by atoms with E-state index in [1.807, 2.05) is 0 Å². The molecule has 17 heavy (non-hydrogen) atoms. The molecule has 1 aromatic heterocycles. The van der Waals surface area contributed by atoms with Crippen molar-refractivity contribution in [1.29, 1.82) is 0 Å². The maximum atomic E-state index is 13.5. The summed E-state index contributed by atoms with van der Waals surface area (Å²) in [4.78, 5) is 14.5. The minimum absolute atomic E-state index is 0.116. The molecule has 86 valence electrons. The number of aliphatic carboxylic acids is 1. The molecule has 0 aliphatic carbocycles. The number of halogens is 1. The van der Waals surface area contributed by atoms with Gasteiger partial charge in [-0.3, -0.25) is 9.78 Å². The van der Waals surface area contributed by atoms with E-state index in [1.54, 1.807) is 24.3 Å². The SMILES string of the molecule is O=C(O)Cc1cncc(-c2ccccc2F)c1. The number of hydrogen-bond donors (Lipinski definition) is 1. The van der Waals surface area contributed by atoms with Gasteiger partial charge in [-0.2, -0.15) is 0 Å². The molecule has 0 saturated heterocycles. The highest BCUT2D eigenvalue weighted by molar-refractivity contribution is 5.71. The standard InChI is InChI=1S/C13H10FNO2/c14-12-4-2-1-3-11(12)10-5-9(6-13(16)17)7-15-8-10/h1-5,7-8H,6H2,(H,16,17). The van der Waals surface area contributed by atoms with Gasteiger partial charge in [0, 0.05) is 23.5 Å². The average Bonchev–Trinajstić information content (AvgIpc) is 2.29. The topological polar surface area (TPSA) is 50.2 Å². The number of benzene rings is 1. The Hall–Kier alpha value is -2.23. The van der Waals surface area contributed by atoms with E-state index in [9.17, 15) is 9.18 Å². The molecule has 0 radical (unpaired) electrons. The van der Waals surface area contributed by atoms with Crippen LogP contribution in [0, 0.1) is 5.82 Å². The summed E-state index contributed by atoms with van der Waals surface area (Å²) in [7, 11) is 0. The quantitative estimate of drug-likeness (QED) is 0.883. The molecule has 1 heterocycles. The Morgan fingerprint density at radius 2 is 2.06 bits per heavy atom. The molecular weight excluding hydrogens is 221 g/mol. The summed E-state index contributed by atoms with van der Waals surface area (Å²) in [6, 6.07) is 7.96. The Morgan fingerprint density at radius 1 is 1.29 bits per heavy atom. The average molecular weight is 231 g/mol. The fourth-order valence-corrected chi connectivity index (χ4v) is 1.60. The predicted octanol–water partition coefficient (Wildman–Crippen LogP) is 2.51. The second kappa shape index (κ2) is 4.74. The zero-order valence-corrected chi connectivity index (χ0v) is 8.93. The van der Waals surface area contributed by atoms with E-state index in [-0.39, 0.29) is 12.2 Å². The van der Waals surface area contributed by atoms with Gasteiger partial charge in [0.2, 0.25) is 0 Å². The molecule has 1 aromatic carbocycles. The van der Waals surface area contributed by atoms with Crippen LogP contribution in [0.25, 0.3) is 11.1 Å². The normalized spacial score (nSPS) is 10.2. The molecule has 0 aliphatic heterocycles. The third-order valence-electron chi connectivity index (χ3n) is 2.34. The first-order valence-electron chi connectivity index (χ1n) is 5.07. The number of rotatable bonds is 3. The van der Waals surface area contributed by atoms with Crippen LogP contribution in [0.1, 0.15) is 5.56 Å². The van der Waals surface area contributed by atoms with Gasteiger partial charge in [0.15, 0.2) is 0 Å². The Bertz CT molecular complexity index is 555. The first-order chi connectivity index (χ1) is 8.16. The summed E-state index contributed by atoms with van der Waals surface area (Å²) >= 11 is 0. The lowest BCUT2D eigenvalue weighted by atomic mass is 10.0. The summed E-state index contributed by atoms with van der Waals surface area (Å²) in [5.74, 6) is -1.28. The van der Waals surface area contributed by atoms with Crippen molar-refractivity contribution in [1.82, 2.24) is 4.98 Å². The zero-order chi connectivity index (χ0) is 12.3. The number of carboxylic acids is 1. The molecule has 1 N–H and O–H groups in total. The zero-order valence-electron chi connectivity index (χ0n) is 8.93. The van der Waals surface area contributed by atoms with Crippen LogP contribution in [0.5, 0.6) is 0 Å². The number of hydrogen-bond acceptors (Lipinski definition) is 2. The third kappa shape index (κ3) is 2.66. The van der Waals surface area contributed by atoms with Crippen LogP contribution >= 0.6 is 0 Å². The minimum Gasteiger partial charge on any atom is -0.481 e. The van der Waals surface area contributed by atoms with Crippen molar-refractivity contribution in [2.45, 2.75) is 6.42 Å². The van der Waals surface area contributed by atoms with E-state index in [0.717, 1.165) is 0 Å². The van der Waals surface area contributed by atoms with Crippen molar-refractivity contribution in [3.05, 3.63) is 54.1 Å². The van der Waals surface area contributed by atoms with E-state index in [0.29, 0.717) is 16.7 Å². The summed E-state index contributed by atoms with van der Waals surface area (Å²) < 4.78 is 13.5. The smallest absolute Gasteiger partial charge is 0.307 e. The molecule has 2 rings (SSSR count). The van der Waals surface area contributed by atoms with Gasteiger partial charge in [0.05, 0.1) is 6.42 Å². The molecular formula is C13H10FNO2. The molecule has 2 aromatic rings. The number of carbonyl (C=O) groups is 1. The van der Waals surface area contributed by atoms with Crippen LogP contribution in [0.3, 0.4) is 0 Å². The second-order valence-electron chi connectivity index (χ2n) is 3.63. The van der Waals surface area contributed by atoms with Crippen molar-refractivity contribution in [3.63, 3.8) is 0 Å². The first kappa shape index (κ1) is 11.3. The summed E-state index contributed by atoms with van der Waals surface area (Å²) in [6.45, 7) is 0. The van der Waals surface area contributed by atoms with Gasteiger partial charge in [-0.1, -0.05) is 18.2 Å². The van der Waals surface area contributed by atoms with E-state index in [4.69, 9.17) is 5.11 Å². The molecule has 0 fully saturated rings. The molecule has 0 atom stereocenters. The van der Waals surface area contributed by atoms with Crippen molar-refractivity contribution in [2.24, 2.45) is 0 Å². The minimum atomic E-state index is -0.933. The molecule has 4 heteroatoms. The van der Waals surface area contributed by atoms with Crippen molar-refractivity contribution in [3.8, 4) is 11.1 Å². The van der Waals surface area contributed by atoms with Gasteiger partial charge in [0.25, 0.3) is 0 Å². The Kier molecular flexibility index (Phi) is 3.14. The third-order valence-corrected chi connectivity index (χ3v) is 2.34. The maximum Gasteiger partial charge on any atom is 0.307 e. The lowest BCUT2D eigenvalue weighted by Crippen LogP contribution is -2.00. The van der Waals surface area contributed by atoms with Crippen molar-refractivity contribution < 1.29 is 14.3 Å². The molecule has 0 aliphatic rings. The second-order valence-corrected chi connectivity index (χ2v) is 3.63. The lowest BCUT2D eigenvalue weighted by molar-refractivity contribution is -0.136. The molecule has 0 saturated carbocycles. The fraction of sp³-hybridized carbons (Fsp3) is 0.0769. The van der Waals surface area contributed by atoms with Crippen LogP contribution in [-0.4, -0.2) is 16.1 Å². The monoisotopic (exact) mass is 231 g/mol. The Morgan fingerprint density at radius 3 is 2.76 bits per heavy atom. The van der Waals surface area contributed by atoms with Crippen LogP contribution in [0.4, 0.5) is 4.39 Å². The van der Waals surface area contributed by atoms with Gasteiger partial charge in [0.1, 0.15) is 5.82 Å². The summed E-state index contributed by atoms with van der Waals surface area (Å²) in [5, 5.41) is 8.68. The van der Waals surface area contributed by atoms with Crippen LogP contribution in [0.2, 0.25) is 0 Å². The predicted molar refractivity (Wildman–Crippen MR) is 61.0 cm³/mol. The molecule has 3 nitrogen and oxygen atoms in total. The molecule has 0 amide bonds. The van der Waals surface area contributed by atoms with Gasteiger partial charge < -0.3 is 5.11 Å². The number of nitrogens with zero attached hydrogens (tertiary/aromatic N) is 1. The molecule has 0 spiro atoms. The van der Waals surface area contributed by atoms with Gasteiger partial charge in [-0.25, -0.2) is 4.39 Å². The van der Waals surface area contributed by atoms with E-state index >= 15 is 0 Å². The largest absolute Gasteiger partial charge is 0.481 e. The van der Waals surface area contributed by atoms with E-state index in [2.05, 4.69) is 4.98 Å². The highest BCUT2D eigenvalue weighted by Crippen LogP contribution is 2.22. The fourth-order valence-electron chi connectivity index (χ4n) is 1.60. The first-order valence-corrected chi connectivity index (χ1v) is 5.07. The number of aromatic nitrogens is 1. The van der Waals surface area contributed by atoms with Crippen LogP contribution < -0.4 is 0 Å². The van der Waals surface area contributed by atoms with E-state index in [1.165, 1.54) is 18.5 Å². The summed E-state index contributed by atoms with van der Waals surface area (Å²) in [6.07, 6.45) is 2.87. The number of carboxylic acid groups (broad SMARTS) is 1.